The summed E-state index contributed by atoms with van der Waals surface area (Å²) in [5.41, 5.74) is 5.80. The van der Waals surface area contributed by atoms with Gasteiger partial charge in [-0.25, -0.2) is 9.50 Å². The molecule has 5 aromatic heterocycles. The average Bonchev–Trinajstić information content (AvgIpc) is 3.90. The molecular weight excluding hydrogens is 729 g/mol. The Hall–Kier alpha value is -5.50. The summed E-state index contributed by atoms with van der Waals surface area (Å²) in [5, 5.41) is 31.2. The highest BCUT2D eigenvalue weighted by atomic mass is 32.1. The van der Waals surface area contributed by atoms with Crippen molar-refractivity contribution in [1.29, 1.82) is 5.26 Å². The first-order valence-corrected chi connectivity index (χ1v) is 20.4. The lowest BCUT2D eigenvalue weighted by molar-refractivity contribution is -0.134. The summed E-state index contributed by atoms with van der Waals surface area (Å²) in [6.07, 6.45) is 10.2. The number of carbonyl (C=O) groups excluding carboxylic acids is 2. The number of imide groups is 1. The van der Waals surface area contributed by atoms with Crippen LogP contribution in [0.1, 0.15) is 55.6 Å². The first-order chi connectivity index (χ1) is 27.5. The fourth-order valence-electron chi connectivity index (χ4n) is 8.32. The van der Waals surface area contributed by atoms with Gasteiger partial charge in [0, 0.05) is 89.6 Å². The normalized spacial score (nSPS) is 20.3. The number of ether oxygens (including phenoxy) is 1. The molecular formula is C40H44N12O3S. The van der Waals surface area contributed by atoms with E-state index in [2.05, 4.69) is 57.7 Å². The standard InChI is InChI=1S/C40H44N12O3S/c41-22-27-19-30-1-3-35(52(30)44-23-27)34-21-33(45-29-8-17-55-18-9-29)32(24-43-34)39-47-48-40(56-39)51-15-13-49(14-16-51)25-26-6-11-50(12-7-26)36-20-28(5-10-42-36)31-2-4-37(53)46-38(31)54/h1,3,5,10,19-21,23-24,26,29,31H,2,4,6-9,11-18,25H2,(H,43,45)(H,46,53,54)/t31-/m1/s1. The zero-order chi connectivity index (χ0) is 38.0. The second-order valence-electron chi connectivity index (χ2n) is 15.1. The number of amides is 2. The minimum atomic E-state index is -0.297. The summed E-state index contributed by atoms with van der Waals surface area (Å²) < 4.78 is 7.45. The highest BCUT2D eigenvalue weighted by molar-refractivity contribution is 7.18. The smallest absolute Gasteiger partial charge is 0.234 e. The lowest BCUT2D eigenvalue weighted by atomic mass is 9.91. The predicted molar refractivity (Wildman–Crippen MR) is 212 cm³/mol. The van der Waals surface area contributed by atoms with Crippen LogP contribution in [-0.2, 0) is 14.3 Å². The maximum absolute atomic E-state index is 12.5. The van der Waals surface area contributed by atoms with Gasteiger partial charge >= 0.3 is 0 Å². The molecule has 9 heterocycles. The van der Waals surface area contributed by atoms with Gasteiger partial charge in [-0.15, -0.1) is 10.2 Å². The monoisotopic (exact) mass is 772 g/mol. The van der Waals surface area contributed by atoms with Gasteiger partial charge in [-0.3, -0.25) is 24.8 Å². The first-order valence-electron chi connectivity index (χ1n) is 19.6. The third-order valence-corrected chi connectivity index (χ3v) is 12.5. The van der Waals surface area contributed by atoms with Crippen molar-refractivity contribution >= 4 is 45.3 Å². The minimum Gasteiger partial charge on any atom is -0.381 e. The molecule has 4 fully saturated rings. The summed E-state index contributed by atoms with van der Waals surface area (Å²) in [5.74, 6) is 0.836. The Morgan fingerprint density at radius 3 is 2.55 bits per heavy atom. The number of carbonyl (C=O) groups is 2. The lowest BCUT2D eigenvalue weighted by Gasteiger charge is -2.39. The van der Waals surface area contributed by atoms with E-state index >= 15 is 0 Å². The summed E-state index contributed by atoms with van der Waals surface area (Å²) >= 11 is 1.61. The second-order valence-corrected chi connectivity index (χ2v) is 16.1. The molecule has 0 unspecified atom stereocenters. The number of piperidine rings is 2. The van der Waals surface area contributed by atoms with E-state index < -0.39 is 0 Å². The fourth-order valence-corrected chi connectivity index (χ4v) is 9.24. The van der Waals surface area contributed by atoms with Crippen LogP contribution < -0.4 is 20.4 Å². The number of anilines is 3. The number of nitrogens with one attached hydrogen (secondary N) is 2. The van der Waals surface area contributed by atoms with E-state index in [0.717, 1.165) is 134 Å². The molecule has 0 saturated carbocycles. The van der Waals surface area contributed by atoms with Gasteiger partial charge in [-0.2, -0.15) is 10.4 Å². The molecule has 16 heteroatoms. The third-order valence-electron chi connectivity index (χ3n) is 11.5. The Labute approximate surface area is 328 Å². The summed E-state index contributed by atoms with van der Waals surface area (Å²) in [4.78, 5) is 40.9. The predicted octanol–water partition coefficient (Wildman–Crippen LogP) is 4.33. The van der Waals surface area contributed by atoms with Crippen molar-refractivity contribution in [1.82, 2.24) is 40.0 Å². The van der Waals surface area contributed by atoms with Gasteiger partial charge in [0.15, 0.2) is 5.01 Å². The largest absolute Gasteiger partial charge is 0.381 e. The van der Waals surface area contributed by atoms with E-state index in [4.69, 9.17) is 9.72 Å². The van der Waals surface area contributed by atoms with Gasteiger partial charge in [0.1, 0.15) is 11.9 Å². The molecule has 56 heavy (non-hydrogen) atoms. The second kappa shape index (κ2) is 15.9. The van der Waals surface area contributed by atoms with Crippen molar-refractivity contribution in [3.63, 3.8) is 0 Å². The van der Waals surface area contributed by atoms with Gasteiger partial charge in [-0.1, -0.05) is 11.3 Å². The van der Waals surface area contributed by atoms with Crippen LogP contribution in [0.4, 0.5) is 16.6 Å². The van der Waals surface area contributed by atoms with Crippen LogP contribution in [0.3, 0.4) is 0 Å². The maximum Gasteiger partial charge on any atom is 0.234 e. The molecule has 4 saturated heterocycles. The van der Waals surface area contributed by atoms with Gasteiger partial charge in [0.2, 0.25) is 16.9 Å². The molecule has 1 atom stereocenters. The number of nitriles is 1. The molecule has 0 aliphatic carbocycles. The third kappa shape index (κ3) is 7.66. The Bertz CT molecular complexity index is 2260. The molecule has 4 aliphatic rings. The van der Waals surface area contributed by atoms with E-state index in [9.17, 15) is 14.9 Å². The number of fused-ring (bicyclic) bond motifs is 1. The van der Waals surface area contributed by atoms with E-state index in [1.807, 2.05) is 41.0 Å². The van der Waals surface area contributed by atoms with Crippen molar-refractivity contribution in [3.05, 3.63) is 66.1 Å². The Balaban J connectivity index is 0.821. The van der Waals surface area contributed by atoms with Crippen molar-refractivity contribution in [2.75, 3.05) is 74.1 Å². The number of pyridine rings is 2. The molecule has 2 amide bonds. The van der Waals surface area contributed by atoms with Gasteiger partial charge in [0.05, 0.1) is 40.1 Å². The van der Waals surface area contributed by atoms with E-state index in [1.54, 1.807) is 23.7 Å². The molecule has 0 bridgehead atoms. The molecule has 4 aliphatic heterocycles. The molecule has 0 radical (unpaired) electrons. The molecule has 0 spiro atoms. The van der Waals surface area contributed by atoms with Crippen LogP contribution >= 0.6 is 11.3 Å². The summed E-state index contributed by atoms with van der Waals surface area (Å²) in [6, 6.07) is 14.2. The van der Waals surface area contributed by atoms with Crippen LogP contribution in [0.25, 0.3) is 27.5 Å². The van der Waals surface area contributed by atoms with Crippen molar-refractivity contribution in [2.24, 2.45) is 5.92 Å². The van der Waals surface area contributed by atoms with Crippen LogP contribution in [0.5, 0.6) is 0 Å². The zero-order valence-electron chi connectivity index (χ0n) is 31.1. The number of hydrogen-bond acceptors (Lipinski definition) is 14. The molecule has 288 valence electrons. The molecule has 15 nitrogen and oxygen atoms in total. The van der Waals surface area contributed by atoms with Gasteiger partial charge in [-0.05, 0) is 80.0 Å². The Morgan fingerprint density at radius 2 is 1.75 bits per heavy atom. The molecule has 5 aromatic rings. The lowest BCUT2D eigenvalue weighted by Crippen LogP contribution is -2.49. The van der Waals surface area contributed by atoms with Crippen LogP contribution in [0.15, 0.2) is 55.0 Å². The number of piperazine rings is 1. The molecule has 0 aromatic carbocycles. The van der Waals surface area contributed by atoms with Crippen molar-refractivity contribution in [2.45, 2.75) is 50.5 Å². The number of rotatable bonds is 9. The Morgan fingerprint density at radius 1 is 0.911 bits per heavy atom. The Kier molecular flexibility index (Phi) is 10.3. The van der Waals surface area contributed by atoms with Crippen LogP contribution in [0, 0.1) is 17.2 Å². The summed E-state index contributed by atoms with van der Waals surface area (Å²) in [7, 11) is 0. The van der Waals surface area contributed by atoms with E-state index in [0.29, 0.717) is 24.3 Å². The van der Waals surface area contributed by atoms with E-state index in [1.165, 1.54) is 0 Å². The first kappa shape index (κ1) is 36.2. The highest BCUT2D eigenvalue weighted by Gasteiger charge is 2.30. The number of aromatic nitrogens is 6. The van der Waals surface area contributed by atoms with Crippen LogP contribution in [0.2, 0.25) is 0 Å². The summed E-state index contributed by atoms with van der Waals surface area (Å²) in [6.45, 7) is 8.17. The minimum absolute atomic E-state index is 0.193. The van der Waals surface area contributed by atoms with Gasteiger partial charge in [0.25, 0.3) is 0 Å². The molecule has 2 N–H and O–H groups in total. The fraction of sp³-hybridized carbons (Fsp3) is 0.450. The van der Waals surface area contributed by atoms with Crippen LogP contribution in [-0.4, -0.2) is 112 Å². The number of nitrogens with zero attached hydrogens (tertiary/aromatic N) is 10. The topological polar surface area (TPSA) is 170 Å². The van der Waals surface area contributed by atoms with E-state index in [-0.39, 0.29) is 23.8 Å². The SMILES string of the molecule is N#Cc1cnn2c(-c3cc(NC4CCOCC4)c(-c4nnc(N5CCN(CC6CCN(c7cc([C@H]8CCC(=O)NC8=O)ccn7)CC6)CC5)s4)cn3)ccc2c1. The van der Waals surface area contributed by atoms with Crippen molar-refractivity contribution in [3.8, 4) is 28.0 Å². The quantitative estimate of drug-likeness (QED) is 0.203. The zero-order valence-corrected chi connectivity index (χ0v) is 32.0. The van der Waals surface area contributed by atoms with Gasteiger partial charge < -0.3 is 19.9 Å². The van der Waals surface area contributed by atoms with Crippen molar-refractivity contribution < 1.29 is 14.3 Å². The highest BCUT2D eigenvalue weighted by Crippen LogP contribution is 2.37. The number of hydrogen-bond donors (Lipinski definition) is 2. The molecule has 9 rings (SSSR count). The average molecular weight is 773 g/mol. The maximum atomic E-state index is 12.5.